The van der Waals surface area contributed by atoms with E-state index < -0.39 is 5.97 Å². The summed E-state index contributed by atoms with van der Waals surface area (Å²) >= 11 is 0. The van der Waals surface area contributed by atoms with E-state index in [1.54, 1.807) is 6.08 Å². The lowest BCUT2D eigenvalue weighted by Crippen LogP contribution is -2.39. The maximum absolute atomic E-state index is 11.3. The van der Waals surface area contributed by atoms with Crippen LogP contribution in [0.2, 0.25) is 0 Å². The van der Waals surface area contributed by atoms with Gasteiger partial charge in [-0.25, -0.2) is 0 Å². The van der Waals surface area contributed by atoms with Crippen LogP contribution in [0.3, 0.4) is 0 Å². The molecule has 0 bridgehead atoms. The molecule has 0 saturated heterocycles. The lowest BCUT2D eigenvalue weighted by atomic mass is 10.0. The van der Waals surface area contributed by atoms with Crippen molar-refractivity contribution < 1.29 is 14.7 Å². The maximum atomic E-state index is 11.3. The number of carboxylic acids is 1. The molecule has 0 aliphatic heterocycles. The Morgan fingerprint density at radius 3 is 2.47 bits per heavy atom. The molecule has 0 aromatic rings. The highest BCUT2D eigenvalue weighted by Gasteiger charge is 2.18. The molecule has 1 atom stereocenters. The normalized spacial score (nSPS) is 12.2. The molecule has 0 saturated carbocycles. The molecule has 0 aliphatic rings. The zero-order valence-electron chi connectivity index (χ0n) is 9.32. The Labute approximate surface area is 90.4 Å². The number of allylic oxidation sites excluding steroid dienone is 1. The molecule has 1 unspecified atom stereocenters. The van der Waals surface area contributed by atoms with E-state index in [1.807, 2.05) is 13.8 Å². The highest BCUT2D eigenvalue weighted by molar-refractivity contribution is 5.77. The summed E-state index contributed by atoms with van der Waals surface area (Å²) in [5.74, 6) is -0.888. The van der Waals surface area contributed by atoms with Crippen LogP contribution in [0.4, 0.5) is 0 Å². The fraction of sp³-hybridized carbons (Fsp3) is 0.636. The van der Waals surface area contributed by atoms with Crippen LogP contribution < -0.4 is 5.32 Å². The van der Waals surface area contributed by atoms with Crippen molar-refractivity contribution >= 4 is 11.9 Å². The molecule has 0 aromatic heterocycles. The number of hydrogen-bond acceptors (Lipinski definition) is 2. The molecule has 86 valence electrons. The number of nitrogens with one attached hydrogen (secondary N) is 1. The average Bonchev–Trinajstić information content (AvgIpc) is 2.12. The molecule has 0 aromatic carbocycles. The summed E-state index contributed by atoms with van der Waals surface area (Å²) in [6.45, 7) is 7.30. The van der Waals surface area contributed by atoms with Crippen molar-refractivity contribution in [1.82, 2.24) is 5.32 Å². The molecule has 0 radical (unpaired) electrons. The highest BCUT2D eigenvalue weighted by Crippen LogP contribution is 2.06. The lowest BCUT2D eigenvalue weighted by molar-refractivity contribution is -0.138. The standard InChI is InChI=1S/C11H19NO3/c1-4-5-6-10(13)12-9(8(2)3)7-11(14)15/h4,8-9H,1,5-7H2,2-3H3,(H,12,13)(H,14,15). The Morgan fingerprint density at radius 2 is 2.07 bits per heavy atom. The summed E-state index contributed by atoms with van der Waals surface area (Å²) < 4.78 is 0. The molecular weight excluding hydrogens is 194 g/mol. The zero-order valence-corrected chi connectivity index (χ0v) is 9.32. The van der Waals surface area contributed by atoms with Crippen molar-refractivity contribution in [2.45, 2.75) is 39.2 Å². The molecule has 0 rings (SSSR count). The van der Waals surface area contributed by atoms with Gasteiger partial charge in [0.25, 0.3) is 0 Å². The Hall–Kier alpha value is -1.32. The van der Waals surface area contributed by atoms with E-state index in [9.17, 15) is 9.59 Å². The number of hydrogen-bond donors (Lipinski definition) is 2. The van der Waals surface area contributed by atoms with Crippen molar-refractivity contribution in [2.75, 3.05) is 0 Å². The number of carboxylic acid groups (broad SMARTS) is 1. The molecular formula is C11H19NO3. The van der Waals surface area contributed by atoms with Crippen LogP contribution in [0.1, 0.15) is 33.1 Å². The Kier molecular flexibility index (Phi) is 6.42. The number of carbonyl (C=O) groups excluding carboxylic acids is 1. The van der Waals surface area contributed by atoms with E-state index in [1.165, 1.54) is 0 Å². The molecule has 4 heteroatoms. The van der Waals surface area contributed by atoms with Crippen LogP contribution in [-0.2, 0) is 9.59 Å². The maximum Gasteiger partial charge on any atom is 0.305 e. The second kappa shape index (κ2) is 7.04. The summed E-state index contributed by atoms with van der Waals surface area (Å²) in [7, 11) is 0. The second-order valence-electron chi connectivity index (χ2n) is 3.84. The minimum Gasteiger partial charge on any atom is -0.481 e. The van der Waals surface area contributed by atoms with E-state index >= 15 is 0 Å². The van der Waals surface area contributed by atoms with Crippen LogP contribution in [0.15, 0.2) is 12.7 Å². The number of amides is 1. The summed E-state index contributed by atoms with van der Waals surface area (Å²) in [5.41, 5.74) is 0. The summed E-state index contributed by atoms with van der Waals surface area (Å²) in [6, 6.07) is -0.292. The third-order valence-electron chi connectivity index (χ3n) is 2.12. The number of carbonyl (C=O) groups is 2. The van der Waals surface area contributed by atoms with Crippen LogP contribution >= 0.6 is 0 Å². The van der Waals surface area contributed by atoms with Crippen molar-refractivity contribution in [3.05, 3.63) is 12.7 Å². The van der Waals surface area contributed by atoms with Gasteiger partial charge in [-0.1, -0.05) is 19.9 Å². The fourth-order valence-corrected chi connectivity index (χ4v) is 1.15. The lowest BCUT2D eigenvalue weighted by Gasteiger charge is -2.20. The molecule has 4 nitrogen and oxygen atoms in total. The van der Waals surface area contributed by atoms with Gasteiger partial charge in [0, 0.05) is 12.5 Å². The summed E-state index contributed by atoms with van der Waals surface area (Å²) in [6.07, 6.45) is 2.62. The van der Waals surface area contributed by atoms with Crippen molar-refractivity contribution in [3.63, 3.8) is 0 Å². The van der Waals surface area contributed by atoms with E-state index in [0.29, 0.717) is 12.8 Å². The third kappa shape index (κ3) is 6.71. The smallest absolute Gasteiger partial charge is 0.305 e. The topological polar surface area (TPSA) is 66.4 Å². The van der Waals surface area contributed by atoms with Crippen LogP contribution in [-0.4, -0.2) is 23.0 Å². The van der Waals surface area contributed by atoms with Gasteiger partial charge in [0.05, 0.1) is 6.42 Å². The predicted molar refractivity (Wildman–Crippen MR) is 58.5 cm³/mol. The molecule has 0 spiro atoms. The molecule has 0 fully saturated rings. The van der Waals surface area contributed by atoms with E-state index in [0.717, 1.165) is 0 Å². The predicted octanol–water partition coefficient (Wildman–Crippen LogP) is 1.57. The highest BCUT2D eigenvalue weighted by atomic mass is 16.4. The minimum atomic E-state index is -0.891. The number of rotatable bonds is 7. The van der Waals surface area contributed by atoms with Crippen LogP contribution in [0.5, 0.6) is 0 Å². The van der Waals surface area contributed by atoms with Crippen molar-refractivity contribution in [3.8, 4) is 0 Å². The Balaban J connectivity index is 4.09. The quantitative estimate of drug-likeness (QED) is 0.631. The van der Waals surface area contributed by atoms with E-state index in [2.05, 4.69) is 11.9 Å². The average molecular weight is 213 g/mol. The van der Waals surface area contributed by atoms with E-state index in [4.69, 9.17) is 5.11 Å². The van der Waals surface area contributed by atoms with Crippen LogP contribution in [0, 0.1) is 5.92 Å². The van der Waals surface area contributed by atoms with Gasteiger partial charge in [-0.2, -0.15) is 0 Å². The summed E-state index contributed by atoms with van der Waals surface area (Å²) in [5, 5.41) is 11.4. The number of aliphatic carboxylic acids is 1. The molecule has 2 N–H and O–H groups in total. The van der Waals surface area contributed by atoms with Gasteiger partial charge < -0.3 is 10.4 Å². The first kappa shape index (κ1) is 13.7. The van der Waals surface area contributed by atoms with Gasteiger partial charge in [0.15, 0.2) is 0 Å². The first-order valence-electron chi connectivity index (χ1n) is 5.09. The first-order valence-corrected chi connectivity index (χ1v) is 5.09. The van der Waals surface area contributed by atoms with Gasteiger partial charge in [-0.3, -0.25) is 9.59 Å². The molecule has 15 heavy (non-hydrogen) atoms. The largest absolute Gasteiger partial charge is 0.481 e. The van der Waals surface area contributed by atoms with Crippen molar-refractivity contribution in [1.29, 1.82) is 0 Å². The molecule has 0 aliphatic carbocycles. The molecule has 1 amide bonds. The van der Waals surface area contributed by atoms with Gasteiger partial charge in [0.1, 0.15) is 0 Å². The van der Waals surface area contributed by atoms with Gasteiger partial charge in [-0.05, 0) is 12.3 Å². The Bertz CT molecular complexity index is 236. The zero-order chi connectivity index (χ0) is 11.8. The van der Waals surface area contributed by atoms with Gasteiger partial charge >= 0.3 is 5.97 Å². The van der Waals surface area contributed by atoms with Gasteiger partial charge in [0.2, 0.25) is 5.91 Å². The third-order valence-corrected chi connectivity index (χ3v) is 2.12. The second-order valence-corrected chi connectivity index (χ2v) is 3.84. The van der Waals surface area contributed by atoms with Crippen LogP contribution in [0.25, 0.3) is 0 Å². The van der Waals surface area contributed by atoms with Gasteiger partial charge in [-0.15, -0.1) is 6.58 Å². The van der Waals surface area contributed by atoms with E-state index in [-0.39, 0.29) is 24.3 Å². The molecule has 0 heterocycles. The Morgan fingerprint density at radius 1 is 1.47 bits per heavy atom. The first-order chi connectivity index (χ1) is 6.97. The summed E-state index contributed by atoms with van der Waals surface area (Å²) in [4.78, 5) is 21.9. The minimum absolute atomic E-state index is 0.0303. The fourth-order valence-electron chi connectivity index (χ4n) is 1.15. The monoisotopic (exact) mass is 213 g/mol. The SMILES string of the molecule is C=CCCC(=O)NC(CC(=O)O)C(C)C. The van der Waals surface area contributed by atoms with Crippen molar-refractivity contribution in [2.24, 2.45) is 5.92 Å².